The number of rotatable bonds is 6. The Morgan fingerprint density at radius 2 is 1.38 bits per heavy atom. The minimum absolute atomic E-state index is 0.0127. The van der Waals surface area contributed by atoms with Crippen molar-refractivity contribution in [3.8, 4) is 0 Å². The van der Waals surface area contributed by atoms with E-state index in [1.165, 1.54) is 12.5 Å². The molecule has 0 aromatic heterocycles. The third-order valence-corrected chi connectivity index (χ3v) is 17.9. The Morgan fingerprint density at radius 3 is 2.05 bits per heavy atom. The highest BCUT2D eigenvalue weighted by atomic mass is 16.7. The molecular formula is C44H70O14. The van der Waals surface area contributed by atoms with Gasteiger partial charge in [-0.15, -0.1) is 0 Å². The lowest BCUT2D eigenvalue weighted by Crippen LogP contribution is -2.69. The van der Waals surface area contributed by atoms with E-state index in [2.05, 4.69) is 33.8 Å². The summed E-state index contributed by atoms with van der Waals surface area (Å²) in [5, 5.41) is 76.9. The van der Waals surface area contributed by atoms with Crippen molar-refractivity contribution >= 4 is 11.9 Å². The Labute approximate surface area is 342 Å². The number of fused-ring (bicyclic) bond motifs is 7. The zero-order valence-corrected chi connectivity index (χ0v) is 35.8. The fourth-order valence-corrected chi connectivity index (χ4v) is 13.6. The average Bonchev–Trinajstić information content (AvgIpc) is 3.15. The minimum atomic E-state index is -1.57. The molecular weight excluding hydrogens is 752 g/mol. The molecule has 2 heterocycles. The monoisotopic (exact) mass is 822 g/mol. The lowest BCUT2D eigenvalue weighted by molar-refractivity contribution is -0.315. The summed E-state index contributed by atoms with van der Waals surface area (Å²) in [6.07, 6.45) is -5.47. The van der Waals surface area contributed by atoms with Gasteiger partial charge in [-0.05, 0) is 106 Å². The molecule has 0 spiro atoms. The Kier molecular flexibility index (Phi) is 11.5. The maximum absolute atomic E-state index is 14.0. The van der Waals surface area contributed by atoms with Crippen LogP contribution in [-0.2, 0) is 33.3 Å². The van der Waals surface area contributed by atoms with Crippen molar-refractivity contribution in [3.63, 3.8) is 0 Å². The number of hydrogen-bond donors (Lipinski definition) is 7. The van der Waals surface area contributed by atoms with Gasteiger partial charge in [0.2, 0.25) is 6.29 Å². The Morgan fingerprint density at radius 1 is 0.741 bits per heavy atom. The first-order chi connectivity index (χ1) is 26.9. The molecule has 0 amide bonds. The van der Waals surface area contributed by atoms with Crippen LogP contribution in [0.2, 0.25) is 0 Å². The summed E-state index contributed by atoms with van der Waals surface area (Å²) in [5.41, 5.74) is -1.47. The summed E-state index contributed by atoms with van der Waals surface area (Å²) in [7, 11) is 0. The van der Waals surface area contributed by atoms with Gasteiger partial charge in [0.05, 0.1) is 36.4 Å². The van der Waals surface area contributed by atoms with Crippen molar-refractivity contribution in [3.05, 3.63) is 11.6 Å². The summed E-state index contributed by atoms with van der Waals surface area (Å²) in [4.78, 5) is 25.7. The van der Waals surface area contributed by atoms with Crippen LogP contribution in [-0.4, -0.2) is 128 Å². The van der Waals surface area contributed by atoms with E-state index in [0.717, 1.165) is 38.5 Å². The van der Waals surface area contributed by atoms with E-state index in [1.54, 1.807) is 13.8 Å². The highest BCUT2D eigenvalue weighted by Crippen LogP contribution is 2.75. The number of esters is 2. The zero-order valence-electron chi connectivity index (χ0n) is 35.8. The standard InChI is InChI=1S/C44H70O14/c1-21-30(48)31(49)33(51)37(55-21)58-38(53)40(5)15-14-39(4)16-17-42(7)24(25(39)19-40)10-11-27-43(42,8)13-12-26-41(6,28(46)18-29(47)44(26,27)9)20-54-36-34(52)32(50)35(22(2)56-36)57-23(3)45/h10,21-22,25-37,46-52H,11-20H2,1-9H3/t21-,22-,25-,26?,27-,28-,29-,30-,31+,32-,33+,34+,35-,36+,37-,39+,40+,41-,42+,43+,44-/m0/s1. The van der Waals surface area contributed by atoms with Crippen LogP contribution in [0.15, 0.2) is 11.6 Å². The maximum Gasteiger partial charge on any atom is 0.314 e. The first-order valence-electron chi connectivity index (χ1n) is 21.7. The van der Waals surface area contributed by atoms with Crippen LogP contribution in [0.3, 0.4) is 0 Å². The van der Waals surface area contributed by atoms with Crippen LogP contribution in [0.5, 0.6) is 0 Å². The lowest BCUT2D eigenvalue weighted by atomic mass is 9.33. The van der Waals surface area contributed by atoms with Gasteiger partial charge in [-0.25, -0.2) is 0 Å². The van der Waals surface area contributed by atoms with Gasteiger partial charge in [0, 0.05) is 24.2 Å². The van der Waals surface area contributed by atoms with Gasteiger partial charge in [-0.1, -0.05) is 46.3 Å². The summed E-state index contributed by atoms with van der Waals surface area (Å²) < 4.78 is 28.9. The van der Waals surface area contributed by atoms with Crippen LogP contribution in [0.1, 0.15) is 120 Å². The highest BCUT2D eigenvalue weighted by molar-refractivity contribution is 5.77. The van der Waals surface area contributed by atoms with Gasteiger partial charge < -0.3 is 59.4 Å². The molecule has 5 aliphatic carbocycles. The van der Waals surface area contributed by atoms with E-state index in [-0.39, 0.29) is 47.0 Å². The third kappa shape index (κ3) is 6.56. The molecule has 21 atom stereocenters. The number of carbonyl (C=O) groups excluding carboxylic acids is 2. The van der Waals surface area contributed by atoms with Gasteiger partial charge in [-0.3, -0.25) is 9.59 Å². The number of allylic oxidation sites excluding steroid dienone is 2. The zero-order chi connectivity index (χ0) is 42.7. The van der Waals surface area contributed by atoms with E-state index in [9.17, 15) is 45.3 Å². The molecule has 14 heteroatoms. The summed E-state index contributed by atoms with van der Waals surface area (Å²) in [6.45, 7) is 17.6. The number of aliphatic hydroxyl groups is 7. The van der Waals surface area contributed by atoms with Crippen molar-refractivity contribution in [1.82, 2.24) is 0 Å². The molecule has 6 fully saturated rings. The molecule has 0 radical (unpaired) electrons. The molecule has 0 aromatic rings. The molecule has 7 N–H and O–H groups in total. The normalized spacial score (nSPS) is 55.4. The molecule has 7 aliphatic rings. The first kappa shape index (κ1) is 44.3. The number of hydrogen-bond acceptors (Lipinski definition) is 14. The quantitative estimate of drug-likeness (QED) is 0.151. The minimum Gasteiger partial charge on any atom is -0.457 e. The van der Waals surface area contributed by atoms with Crippen molar-refractivity contribution < 1.29 is 69.0 Å². The molecule has 2 aliphatic heterocycles. The van der Waals surface area contributed by atoms with Crippen LogP contribution >= 0.6 is 0 Å². The predicted molar refractivity (Wildman–Crippen MR) is 207 cm³/mol. The van der Waals surface area contributed by atoms with Crippen molar-refractivity contribution in [2.24, 2.45) is 50.2 Å². The summed E-state index contributed by atoms with van der Waals surface area (Å²) >= 11 is 0. The van der Waals surface area contributed by atoms with E-state index in [1.807, 2.05) is 13.8 Å². The fraction of sp³-hybridized carbons (Fsp3) is 0.909. The fourth-order valence-electron chi connectivity index (χ4n) is 13.6. The Hall–Kier alpha value is -1.72. The highest BCUT2D eigenvalue weighted by Gasteiger charge is 2.71. The van der Waals surface area contributed by atoms with Gasteiger partial charge in [0.15, 0.2) is 12.4 Å². The largest absolute Gasteiger partial charge is 0.457 e. The second kappa shape index (κ2) is 15.0. The molecule has 0 aromatic carbocycles. The second-order valence-electron chi connectivity index (χ2n) is 21.1. The van der Waals surface area contributed by atoms with E-state index < -0.39 is 102 Å². The van der Waals surface area contributed by atoms with Gasteiger partial charge in [0.25, 0.3) is 0 Å². The lowest BCUT2D eigenvalue weighted by Gasteiger charge is -2.72. The Balaban J connectivity index is 1.13. The SMILES string of the molecule is CC(=O)O[C@@H]1[C@@H](O)[C@@H](O)[C@H](OC[C@@]2(C)C3CC[C@]4(C)[C@H](CC=C5[C@@H]6C[C@](C)(C(=O)O[C@@H]7O[C@@H](C)[C@H](O)[C@@H](O)[C@H]7O)CC[C@]6(C)CC[C@]54C)[C@@]3(C)[C@@H](O)C[C@@H]2O)O[C@H]1C. The first-order valence-corrected chi connectivity index (χ1v) is 21.7. The maximum atomic E-state index is 14.0. The molecule has 0 bridgehead atoms. The van der Waals surface area contributed by atoms with E-state index in [4.69, 9.17) is 23.7 Å². The van der Waals surface area contributed by atoms with Gasteiger partial charge in [-0.2, -0.15) is 0 Å². The predicted octanol–water partition coefficient (Wildman–Crippen LogP) is 2.89. The van der Waals surface area contributed by atoms with Crippen molar-refractivity contribution in [1.29, 1.82) is 0 Å². The summed E-state index contributed by atoms with van der Waals surface area (Å²) in [5.74, 6) is -1.11. The van der Waals surface area contributed by atoms with Crippen molar-refractivity contribution in [2.75, 3.05) is 6.61 Å². The van der Waals surface area contributed by atoms with Crippen LogP contribution in [0.25, 0.3) is 0 Å². The Bertz CT molecular complexity index is 1620. The molecule has 2 saturated heterocycles. The van der Waals surface area contributed by atoms with Crippen molar-refractivity contribution in [2.45, 2.75) is 194 Å². The van der Waals surface area contributed by atoms with E-state index >= 15 is 0 Å². The number of aliphatic hydroxyl groups excluding tert-OH is 7. The third-order valence-electron chi connectivity index (χ3n) is 17.9. The molecule has 1 unspecified atom stereocenters. The molecule has 14 nitrogen and oxygen atoms in total. The van der Waals surface area contributed by atoms with Crippen LogP contribution in [0.4, 0.5) is 0 Å². The van der Waals surface area contributed by atoms with Crippen LogP contribution < -0.4 is 0 Å². The summed E-state index contributed by atoms with van der Waals surface area (Å²) in [6, 6.07) is 0. The van der Waals surface area contributed by atoms with E-state index in [0.29, 0.717) is 12.8 Å². The molecule has 330 valence electrons. The number of ether oxygens (including phenoxy) is 5. The molecule has 4 saturated carbocycles. The topological polar surface area (TPSA) is 222 Å². The average molecular weight is 823 g/mol. The van der Waals surface area contributed by atoms with Crippen LogP contribution in [0, 0.1) is 50.2 Å². The molecule has 7 rings (SSSR count). The number of carbonyl (C=O) groups is 2. The second-order valence-corrected chi connectivity index (χ2v) is 21.1. The van der Waals surface area contributed by atoms with Gasteiger partial charge >= 0.3 is 11.9 Å². The smallest absolute Gasteiger partial charge is 0.314 e. The van der Waals surface area contributed by atoms with Gasteiger partial charge in [0.1, 0.15) is 30.5 Å². The molecule has 58 heavy (non-hydrogen) atoms.